The van der Waals surface area contributed by atoms with Gasteiger partial charge in [0.2, 0.25) is 5.91 Å². The molecule has 1 fully saturated rings. The zero-order valence-electron chi connectivity index (χ0n) is 17.3. The lowest BCUT2D eigenvalue weighted by Crippen LogP contribution is -2.27. The van der Waals surface area contributed by atoms with Crippen molar-refractivity contribution in [3.8, 4) is 11.3 Å². The maximum absolute atomic E-state index is 12.5. The van der Waals surface area contributed by atoms with Crippen LogP contribution in [0.25, 0.3) is 11.3 Å². The molecular weight excluding hydrogens is 412 g/mol. The van der Waals surface area contributed by atoms with Crippen molar-refractivity contribution in [2.75, 3.05) is 18.1 Å². The number of aromatic nitrogens is 1. The second-order valence-electron chi connectivity index (χ2n) is 7.68. The molecule has 0 unspecified atom stereocenters. The van der Waals surface area contributed by atoms with E-state index in [0.717, 1.165) is 22.4 Å². The van der Waals surface area contributed by atoms with Crippen LogP contribution in [-0.2, 0) is 14.3 Å². The summed E-state index contributed by atoms with van der Waals surface area (Å²) in [6.45, 7) is 3.83. The Balaban J connectivity index is 1.36. The van der Waals surface area contributed by atoms with E-state index in [9.17, 15) is 14.4 Å². The third kappa shape index (κ3) is 4.72. The number of carbonyl (C=O) groups excluding carboxylic acids is 3. The summed E-state index contributed by atoms with van der Waals surface area (Å²) in [6, 6.07) is 15.1. The number of benzene rings is 2. The SMILES string of the molecule is Cc1ccc(C(=O)COC(=O)[C@@H]2CC(=O)N(c3nc(-c4ccc(C)cc4)cs3)C2)cc1. The summed E-state index contributed by atoms with van der Waals surface area (Å²) >= 11 is 1.37. The minimum Gasteiger partial charge on any atom is -0.457 e. The van der Waals surface area contributed by atoms with Gasteiger partial charge in [0.05, 0.1) is 11.6 Å². The van der Waals surface area contributed by atoms with E-state index in [4.69, 9.17) is 4.74 Å². The summed E-state index contributed by atoms with van der Waals surface area (Å²) in [6.07, 6.45) is 0.0526. The molecular formula is C24H22N2O4S. The molecule has 1 amide bonds. The summed E-state index contributed by atoms with van der Waals surface area (Å²) in [5, 5.41) is 2.46. The summed E-state index contributed by atoms with van der Waals surface area (Å²) in [7, 11) is 0. The van der Waals surface area contributed by atoms with Gasteiger partial charge in [-0.15, -0.1) is 11.3 Å². The molecule has 158 valence electrons. The van der Waals surface area contributed by atoms with Crippen LogP contribution < -0.4 is 4.90 Å². The Hall–Kier alpha value is -3.32. The molecule has 1 atom stereocenters. The quantitative estimate of drug-likeness (QED) is 0.429. The van der Waals surface area contributed by atoms with Gasteiger partial charge in [0.15, 0.2) is 17.5 Å². The molecule has 0 aliphatic carbocycles. The Kier molecular flexibility index (Phi) is 5.95. The molecule has 0 N–H and O–H groups in total. The summed E-state index contributed by atoms with van der Waals surface area (Å²) in [4.78, 5) is 43.3. The van der Waals surface area contributed by atoms with E-state index in [1.54, 1.807) is 12.1 Å². The molecule has 0 bridgehead atoms. The third-order valence-corrected chi connectivity index (χ3v) is 6.11. The van der Waals surface area contributed by atoms with Crippen LogP contribution in [0.1, 0.15) is 27.9 Å². The van der Waals surface area contributed by atoms with Crippen molar-refractivity contribution in [2.45, 2.75) is 20.3 Å². The second-order valence-corrected chi connectivity index (χ2v) is 8.52. The fourth-order valence-electron chi connectivity index (χ4n) is 3.37. The minimum absolute atomic E-state index is 0.0526. The number of ketones is 1. The van der Waals surface area contributed by atoms with E-state index in [1.165, 1.54) is 16.2 Å². The lowest BCUT2D eigenvalue weighted by atomic mass is 10.1. The molecule has 2 heterocycles. The zero-order chi connectivity index (χ0) is 22.0. The maximum Gasteiger partial charge on any atom is 0.311 e. The molecule has 1 saturated heterocycles. The number of amides is 1. The largest absolute Gasteiger partial charge is 0.457 e. The van der Waals surface area contributed by atoms with E-state index < -0.39 is 11.9 Å². The number of aryl methyl sites for hydroxylation is 2. The second kappa shape index (κ2) is 8.81. The Bertz CT molecular complexity index is 1120. The van der Waals surface area contributed by atoms with Crippen LogP contribution in [-0.4, -0.2) is 35.8 Å². The van der Waals surface area contributed by atoms with Crippen molar-refractivity contribution in [3.63, 3.8) is 0 Å². The number of esters is 1. The van der Waals surface area contributed by atoms with Crippen LogP contribution in [0.5, 0.6) is 0 Å². The molecule has 0 radical (unpaired) electrons. The normalized spacial score (nSPS) is 15.9. The summed E-state index contributed by atoms with van der Waals surface area (Å²) in [5.41, 5.74) is 4.48. The van der Waals surface area contributed by atoms with Crippen molar-refractivity contribution < 1.29 is 19.1 Å². The molecule has 0 saturated carbocycles. The van der Waals surface area contributed by atoms with Crippen LogP contribution in [0.15, 0.2) is 53.9 Å². The number of anilines is 1. The summed E-state index contributed by atoms with van der Waals surface area (Å²) in [5.74, 6) is -1.58. The number of nitrogens with zero attached hydrogens (tertiary/aromatic N) is 2. The standard InChI is InChI=1S/C24H22N2O4S/c1-15-3-7-17(8-4-15)20-14-31-24(25-20)26-12-19(11-22(26)28)23(29)30-13-21(27)18-9-5-16(2)6-10-18/h3-10,14,19H,11-13H2,1-2H3/t19-/m1/s1. The molecule has 1 aliphatic heterocycles. The first-order chi connectivity index (χ1) is 14.9. The number of Topliss-reactive ketones (excluding diaryl/α,β-unsaturated/α-hetero) is 1. The number of hydrogen-bond donors (Lipinski definition) is 0. The molecule has 2 aromatic carbocycles. The Morgan fingerprint density at radius 2 is 1.71 bits per heavy atom. The highest BCUT2D eigenvalue weighted by molar-refractivity contribution is 7.14. The van der Waals surface area contributed by atoms with Gasteiger partial charge in [-0.3, -0.25) is 19.3 Å². The van der Waals surface area contributed by atoms with E-state index >= 15 is 0 Å². The van der Waals surface area contributed by atoms with Gasteiger partial charge in [0, 0.05) is 29.5 Å². The first-order valence-corrected chi connectivity index (χ1v) is 10.9. The topological polar surface area (TPSA) is 76.6 Å². The third-order valence-electron chi connectivity index (χ3n) is 5.25. The highest BCUT2D eigenvalue weighted by atomic mass is 32.1. The van der Waals surface area contributed by atoms with E-state index in [1.807, 2.05) is 55.6 Å². The number of rotatable bonds is 6. The minimum atomic E-state index is -0.606. The van der Waals surface area contributed by atoms with Crippen LogP contribution >= 0.6 is 11.3 Å². The molecule has 0 spiro atoms. The van der Waals surface area contributed by atoms with Crippen LogP contribution in [0, 0.1) is 19.8 Å². The highest BCUT2D eigenvalue weighted by Crippen LogP contribution is 2.32. The predicted octanol–water partition coefficient (Wildman–Crippen LogP) is 4.21. The molecule has 7 heteroatoms. The molecule has 31 heavy (non-hydrogen) atoms. The van der Waals surface area contributed by atoms with Crippen molar-refractivity contribution in [1.29, 1.82) is 0 Å². The summed E-state index contributed by atoms with van der Waals surface area (Å²) < 4.78 is 5.21. The predicted molar refractivity (Wildman–Crippen MR) is 119 cm³/mol. The van der Waals surface area contributed by atoms with Crippen LogP contribution in [0.3, 0.4) is 0 Å². The maximum atomic E-state index is 12.5. The van der Waals surface area contributed by atoms with Gasteiger partial charge in [0.25, 0.3) is 0 Å². The van der Waals surface area contributed by atoms with Gasteiger partial charge >= 0.3 is 5.97 Å². The first-order valence-electron chi connectivity index (χ1n) is 10.00. The van der Waals surface area contributed by atoms with E-state index in [0.29, 0.717) is 10.7 Å². The molecule has 3 aromatic rings. The Morgan fingerprint density at radius 3 is 2.39 bits per heavy atom. The van der Waals surface area contributed by atoms with Crippen molar-refractivity contribution in [3.05, 3.63) is 70.6 Å². The van der Waals surface area contributed by atoms with Crippen LogP contribution in [0.4, 0.5) is 5.13 Å². The molecule has 4 rings (SSSR count). The van der Waals surface area contributed by atoms with Crippen molar-refractivity contribution >= 4 is 34.1 Å². The van der Waals surface area contributed by atoms with E-state index in [2.05, 4.69) is 4.98 Å². The average Bonchev–Trinajstić information content (AvgIpc) is 3.39. The average molecular weight is 435 g/mol. The molecule has 6 nitrogen and oxygen atoms in total. The monoisotopic (exact) mass is 434 g/mol. The number of ether oxygens (including phenoxy) is 1. The highest BCUT2D eigenvalue weighted by Gasteiger charge is 2.37. The lowest BCUT2D eigenvalue weighted by molar-refractivity contribution is -0.147. The van der Waals surface area contributed by atoms with Gasteiger partial charge < -0.3 is 4.74 Å². The van der Waals surface area contributed by atoms with Gasteiger partial charge in [-0.25, -0.2) is 4.98 Å². The number of thiazole rings is 1. The van der Waals surface area contributed by atoms with Crippen molar-refractivity contribution in [1.82, 2.24) is 4.98 Å². The van der Waals surface area contributed by atoms with Gasteiger partial charge in [-0.1, -0.05) is 59.7 Å². The Labute approximate surface area is 184 Å². The van der Waals surface area contributed by atoms with Gasteiger partial charge in [-0.05, 0) is 13.8 Å². The molecule has 1 aliphatic rings. The number of carbonyl (C=O) groups is 3. The van der Waals surface area contributed by atoms with Gasteiger partial charge in [-0.2, -0.15) is 0 Å². The van der Waals surface area contributed by atoms with Crippen LogP contribution in [0.2, 0.25) is 0 Å². The smallest absolute Gasteiger partial charge is 0.311 e. The Morgan fingerprint density at radius 1 is 1.06 bits per heavy atom. The fourth-order valence-corrected chi connectivity index (χ4v) is 4.23. The zero-order valence-corrected chi connectivity index (χ0v) is 18.1. The first kappa shape index (κ1) is 20.9. The lowest BCUT2D eigenvalue weighted by Gasteiger charge is -2.12. The number of hydrogen-bond acceptors (Lipinski definition) is 6. The van der Waals surface area contributed by atoms with Gasteiger partial charge in [0.1, 0.15) is 0 Å². The van der Waals surface area contributed by atoms with Crippen molar-refractivity contribution in [2.24, 2.45) is 5.92 Å². The fraction of sp³-hybridized carbons (Fsp3) is 0.250. The molecule has 1 aromatic heterocycles. The van der Waals surface area contributed by atoms with E-state index in [-0.39, 0.29) is 31.3 Å².